The van der Waals surface area contributed by atoms with Crippen molar-refractivity contribution in [1.82, 2.24) is 0 Å². The summed E-state index contributed by atoms with van der Waals surface area (Å²) in [7, 11) is -5.14. The van der Waals surface area contributed by atoms with Gasteiger partial charge < -0.3 is 44.6 Å². The quantitative estimate of drug-likeness (QED) is 0.0111. The molecule has 1 heterocycles. The van der Waals surface area contributed by atoms with Gasteiger partial charge in [0.1, 0.15) is 43.2 Å². The Balaban J connectivity index is 1.71. The minimum Gasteiger partial charge on any atom is -0.462 e. The van der Waals surface area contributed by atoms with E-state index in [1.54, 1.807) is 0 Å². The Hall–Kier alpha value is -2.23. The predicted molar refractivity (Wildman–Crippen MR) is 248 cm³/mol. The topological polar surface area (TPSA) is 222 Å². The van der Waals surface area contributed by atoms with Crippen molar-refractivity contribution < 1.29 is 67.8 Å². The summed E-state index contributed by atoms with van der Waals surface area (Å²) in [4.78, 5) is 35.8. The molecule has 15 heteroatoms. The Morgan fingerprint density at radius 3 is 1.67 bits per heavy atom. The van der Waals surface area contributed by atoms with Gasteiger partial charge >= 0.3 is 19.8 Å². The van der Waals surface area contributed by atoms with E-state index < -0.39 is 75.7 Å². The van der Waals surface area contributed by atoms with Crippen molar-refractivity contribution in [3.05, 3.63) is 48.6 Å². The molecule has 0 aromatic heterocycles. The zero-order chi connectivity index (χ0) is 46.8. The Labute approximate surface area is 384 Å². The number of ether oxygens (including phenoxy) is 3. The molecule has 1 saturated carbocycles. The molecule has 0 aromatic carbocycles. The average Bonchev–Trinajstić information content (AvgIpc) is 4.03. The number of aliphatic hydroxyl groups excluding tert-OH is 5. The van der Waals surface area contributed by atoms with Gasteiger partial charge in [-0.2, -0.15) is 0 Å². The van der Waals surface area contributed by atoms with Crippen molar-refractivity contribution in [3.63, 3.8) is 0 Å². The fraction of sp³-hybridized carbons (Fsp3) is 0.796. The summed E-state index contributed by atoms with van der Waals surface area (Å²) in [5, 5.41) is 50.2. The third kappa shape index (κ3) is 27.4. The fourth-order valence-electron chi connectivity index (χ4n) is 7.49. The van der Waals surface area contributed by atoms with Crippen LogP contribution < -0.4 is 0 Å². The number of phosphoric ester groups is 1. The van der Waals surface area contributed by atoms with E-state index in [1.165, 1.54) is 77.0 Å². The van der Waals surface area contributed by atoms with Gasteiger partial charge in [0.2, 0.25) is 0 Å². The standard InChI is InChI=1S/C49H85O14P/c1-3-5-7-8-9-10-11-12-13-14-15-16-17-21-24-27-31-35-42(50)59-37-39(38-60-64(57,58)63-49-47(55)45(53)44(52)46(54)48(49)56)61-43(51)36-32-28-25-22-19-18-20-23-26-30-34-41-40(62-41)33-29-6-4-2/h12-13,18,20,22,25-26,30,39-41,44-49,52-56H,3-11,14-17,19,21,23-24,27-29,31-38H2,1-2H3,(H,57,58)/b13-12-,20-18-,25-22-,30-26-/t39-,40?,41?,44?,45-,46+,47-,48-,49?/m1/s1. The van der Waals surface area contributed by atoms with Crippen LogP contribution in [0.1, 0.15) is 181 Å². The van der Waals surface area contributed by atoms with Crippen molar-refractivity contribution >= 4 is 19.8 Å². The molecule has 1 aliphatic heterocycles. The maximum atomic E-state index is 12.8. The van der Waals surface area contributed by atoms with Gasteiger partial charge in [-0.05, 0) is 70.6 Å². The Morgan fingerprint density at radius 2 is 1.05 bits per heavy atom. The molecule has 0 radical (unpaired) electrons. The summed E-state index contributed by atoms with van der Waals surface area (Å²) in [5.41, 5.74) is 0. The first-order valence-corrected chi connectivity index (χ1v) is 26.1. The summed E-state index contributed by atoms with van der Waals surface area (Å²) in [6, 6.07) is 0. The largest absolute Gasteiger partial charge is 0.472 e. The van der Waals surface area contributed by atoms with E-state index in [4.69, 9.17) is 23.3 Å². The van der Waals surface area contributed by atoms with E-state index in [-0.39, 0.29) is 12.8 Å². The number of epoxide rings is 1. The smallest absolute Gasteiger partial charge is 0.462 e. The van der Waals surface area contributed by atoms with E-state index in [1.807, 2.05) is 12.2 Å². The number of rotatable bonds is 39. The summed E-state index contributed by atoms with van der Waals surface area (Å²) in [6.45, 7) is 3.22. The van der Waals surface area contributed by atoms with Crippen LogP contribution in [-0.4, -0.2) is 111 Å². The van der Waals surface area contributed by atoms with Crippen molar-refractivity contribution in [2.45, 2.75) is 236 Å². The summed E-state index contributed by atoms with van der Waals surface area (Å²) >= 11 is 0. The maximum Gasteiger partial charge on any atom is 0.472 e. The first kappa shape index (κ1) is 57.9. The highest BCUT2D eigenvalue weighted by Crippen LogP contribution is 2.47. The Bertz CT molecular complexity index is 1370. The number of esters is 2. The van der Waals surface area contributed by atoms with Crippen LogP contribution >= 0.6 is 7.82 Å². The molecule has 64 heavy (non-hydrogen) atoms. The molecule has 14 nitrogen and oxygen atoms in total. The lowest BCUT2D eigenvalue weighted by Gasteiger charge is -2.41. The minimum atomic E-state index is -5.14. The minimum absolute atomic E-state index is 0.0153. The van der Waals surface area contributed by atoms with Crippen LogP contribution in [-0.2, 0) is 37.4 Å². The van der Waals surface area contributed by atoms with E-state index in [0.717, 1.165) is 57.8 Å². The maximum absolute atomic E-state index is 12.8. The van der Waals surface area contributed by atoms with Crippen LogP contribution in [0.5, 0.6) is 0 Å². The number of unbranched alkanes of at least 4 members (excludes halogenated alkanes) is 16. The number of hydrogen-bond donors (Lipinski definition) is 6. The molecule has 0 amide bonds. The predicted octanol–water partition coefficient (Wildman–Crippen LogP) is 8.94. The second kappa shape index (κ2) is 35.9. The van der Waals surface area contributed by atoms with Crippen LogP contribution in [0, 0.1) is 0 Å². The third-order valence-electron chi connectivity index (χ3n) is 11.6. The number of carbonyl (C=O) groups is 2. The molecule has 5 unspecified atom stereocenters. The molecule has 0 bridgehead atoms. The molecular weight excluding hydrogens is 843 g/mol. The average molecular weight is 929 g/mol. The highest BCUT2D eigenvalue weighted by molar-refractivity contribution is 7.47. The van der Waals surface area contributed by atoms with Gasteiger partial charge in [-0.15, -0.1) is 0 Å². The first-order chi connectivity index (χ1) is 30.9. The first-order valence-electron chi connectivity index (χ1n) is 24.6. The molecule has 1 aliphatic carbocycles. The number of aliphatic hydroxyl groups is 5. The summed E-state index contributed by atoms with van der Waals surface area (Å²) < 4.78 is 39.2. The Kier molecular flexibility index (Phi) is 32.5. The number of carbonyl (C=O) groups excluding carboxylic acids is 2. The van der Waals surface area contributed by atoms with Crippen molar-refractivity contribution in [1.29, 1.82) is 0 Å². The molecule has 370 valence electrons. The van der Waals surface area contributed by atoms with Gasteiger partial charge in [-0.25, -0.2) is 4.57 Å². The monoisotopic (exact) mass is 929 g/mol. The van der Waals surface area contributed by atoms with Gasteiger partial charge in [0.05, 0.1) is 18.8 Å². The van der Waals surface area contributed by atoms with Gasteiger partial charge in [0, 0.05) is 12.8 Å². The van der Waals surface area contributed by atoms with E-state index in [9.17, 15) is 44.6 Å². The lowest BCUT2D eigenvalue weighted by molar-refractivity contribution is -0.220. The molecule has 6 N–H and O–H groups in total. The molecule has 1 saturated heterocycles. The van der Waals surface area contributed by atoms with E-state index in [2.05, 4.69) is 50.3 Å². The highest BCUT2D eigenvalue weighted by Gasteiger charge is 2.51. The molecule has 10 atom stereocenters. The number of phosphoric acid groups is 1. The number of hydrogen-bond acceptors (Lipinski definition) is 13. The van der Waals surface area contributed by atoms with Gasteiger partial charge in [-0.3, -0.25) is 18.6 Å². The van der Waals surface area contributed by atoms with Gasteiger partial charge in [-0.1, -0.05) is 146 Å². The molecule has 2 fully saturated rings. The van der Waals surface area contributed by atoms with Crippen LogP contribution in [0.25, 0.3) is 0 Å². The molecule has 0 aromatic rings. The molecule has 2 rings (SSSR count). The van der Waals surface area contributed by atoms with Crippen LogP contribution in [0.2, 0.25) is 0 Å². The van der Waals surface area contributed by atoms with Crippen molar-refractivity contribution in [2.75, 3.05) is 13.2 Å². The van der Waals surface area contributed by atoms with Gasteiger partial charge in [0.25, 0.3) is 0 Å². The summed E-state index contributed by atoms with van der Waals surface area (Å²) in [6.07, 6.45) is 30.5. The Morgan fingerprint density at radius 1 is 0.562 bits per heavy atom. The lowest BCUT2D eigenvalue weighted by atomic mass is 9.85. The van der Waals surface area contributed by atoms with Crippen LogP contribution in [0.3, 0.4) is 0 Å². The van der Waals surface area contributed by atoms with Crippen LogP contribution in [0.15, 0.2) is 48.6 Å². The second-order valence-corrected chi connectivity index (χ2v) is 18.8. The van der Waals surface area contributed by atoms with E-state index in [0.29, 0.717) is 31.5 Å². The molecular formula is C49H85O14P. The fourth-order valence-corrected chi connectivity index (χ4v) is 8.46. The van der Waals surface area contributed by atoms with Gasteiger partial charge in [0.15, 0.2) is 6.10 Å². The third-order valence-corrected chi connectivity index (χ3v) is 12.6. The summed E-state index contributed by atoms with van der Waals surface area (Å²) in [5.74, 6) is -1.17. The van der Waals surface area contributed by atoms with Crippen LogP contribution in [0.4, 0.5) is 0 Å². The zero-order valence-corrected chi connectivity index (χ0v) is 39.9. The molecule has 0 spiro atoms. The SMILES string of the molecule is CCCCCCCC/C=C\CCCCCCCCCC(=O)OC[C@H](COP(=O)(O)OC1[C@H](O)[C@H](O)C(O)[C@H](O)[C@H]1O)OC(=O)CCC/C=C\C/C=C\C/C=C\CC1OC1CCCCC. The lowest BCUT2D eigenvalue weighted by Crippen LogP contribution is -2.64. The second-order valence-electron chi connectivity index (χ2n) is 17.3. The normalized spacial score (nSPS) is 25.1. The highest BCUT2D eigenvalue weighted by atomic mass is 31.2. The van der Waals surface area contributed by atoms with Crippen molar-refractivity contribution in [2.24, 2.45) is 0 Å². The zero-order valence-electron chi connectivity index (χ0n) is 39.0. The molecule has 2 aliphatic rings. The van der Waals surface area contributed by atoms with E-state index >= 15 is 0 Å². The van der Waals surface area contributed by atoms with Crippen molar-refractivity contribution in [3.8, 4) is 0 Å². The number of allylic oxidation sites excluding steroid dienone is 7.